The van der Waals surface area contributed by atoms with Crippen LogP contribution in [0.15, 0.2) is 46.9 Å². The molecule has 0 aliphatic rings. The standard InChI is InChI=1S/C19H17BrFN3O2/c1-11-17(12-4-6-13(20)7-5-12)18(24(2)23-11)22-19(25)15-9-8-14(26-3)10-16(15)21/h4-10H,1-3H3,(H,22,25). The van der Waals surface area contributed by atoms with Gasteiger partial charge in [-0.3, -0.25) is 9.48 Å². The first kappa shape index (κ1) is 18.1. The van der Waals surface area contributed by atoms with E-state index in [-0.39, 0.29) is 5.56 Å². The molecule has 1 N–H and O–H groups in total. The van der Waals surface area contributed by atoms with Gasteiger partial charge in [0.2, 0.25) is 0 Å². The number of nitrogens with zero attached hydrogens (tertiary/aromatic N) is 2. The van der Waals surface area contributed by atoms with Crippen LogP contribution in [0.1, 0.15) is 16.1 Å². The number of aromatic nitrogens is 2. The van der Waals surface area contributed by atoms with Gasteiger partial charge in [-0.15, -0.1) is 0 Å². The van der Waals surface area contributed by atoms with Gasteiger partial charge in [0.15, 0.2) is 0 Å². The van der Waals surface area contributed by atoms with Crippen LogP contribution in [0.5, 0.6) is 5.75 Å². The van der Waals surface area contributed by atoms with Crippen LogP contribution in [-0.4, -0.2) is 22.8 Å². The molecule has 0 spiro atoms. The number of methoxy groups -OCH3 is 1. The van der Waals surface area contributed by atoms with Crippen molar-refractivity contribution >= 4 is 27.7 Å². The third kappa shape index (κ3) is 3.48. The topological polar surface area (TPSA) is 56.1 Å². The van der Waals surface area contributed by atoms with E-state index in [1.165, 1.54) is 19.2 Å². The number of hydrogen-bond donors (Lipinski definition) is 1. The van der Waals surface area contributed by atoms with Crippen molar-refractivity contribution in [2.75, 3.05) is 12.4 Å². The lowest BCUT2D eigenvalue weighted by Gasteiger charge is -2.10. The summed E-state index contributed by atoms with van der Waals surface area (Å²) in [4.78, 5) is 12.6. The number of halogens is 2. The zero-order valence-corrected chi connectivity index (χ0v) is 16.1. The zero-order chi connectivity index (χ0) is 18.8. The van der Waals surface area contributed by atoms with Crippen LogP contribution in [-0.2, 0) is 7.05 Å². The number of amides is 1. The monoisotopic (exact) mass is 417 g/mol. The predicted molar refractivity (Wildman–Crippen MR) is 102 cm³/mol. The Kier molecular flexibility index (Phi) is 5.08. The number of anilines is 1. The van der Waals surface area contributed by atoms with Crippen LogP contribution in [0.3, 0.4) is 0 Å². The summed E-state index contributed by atoms with van der Waals surface area (Å²) in [6.07, 6.45) is 0. The van der Waals surface area contributed by atoms with Gasteiger partial charge in [-0.05, 0) is 36.8 Å². The van der Waals surface area contributed by atoms with Gasteiger partial charge in [0.1, 0.15) is 17.4 Å². The van der Waals surface area contributed by atoms with Crippen LogP contribution < -0.4 is 10.1 Å². The second kappa shape index (κ2) is 7.29. The number of nitrogens with one attached hydrogen (secondary N) is 1. The summed E-state index contributed by atoms with van der Waals surface area (Å²) in [6, 6.07) is 11.8. The summed E-state index contributed by atoms with van der Waals surface area (Å²) in [5.41, 5.74) is 2.40. The molecular formula is C19H17BrFN3O2. The Morgan fingerprint density at radius 2 is 1.92 bits per heavy atom. The van der Waals surface area contributed by atoms with Crippen molar-refractivity contribution in [1.29, 1.82) is 0 Å². The van der Waals surface area contributed by atoms with E-state index >= 15 is 0 Å². The average Bonchev–Trinajstić information content (AvgIpc) is 2.89. The minimum Gasteiger partial charge on any atom is -0.497 e. The Balaban J connectivity index is 1.98. The SMILES string of the molecule is COc1ccc(C(=O)Nc2c(-c3ccc(Br)cc3)c(C)nn2C)c(F)c1. The molecule has 1 amide bonds. The third-order valence-electron chi connectivity index (χ3n) is 4.01. The second-order valence-electron chi connectivity index (χ2n) is 5.74. The molecule has 0 aliphatic carbocycles. The highest BCUT2D eigenvalue weighted by Gasteiger charge is 2.20. The van der Waals surface area contributed by atoms with Gasteiger partial charge in [0.25, 0.3) is 5.91 Å². The van der Waals surface area contributed by atoms with Crippen molar-refractivity contribution < 1.29 is 13.9 Å². The molecule has 1 heterocycles. The van der Waals surface area contributed by atoms with E-state index < -0.39 is 11.7 Å². The molecule has 1 aromatic heterocycles. The molecule has 0 bridgehead atoms. The highest BCUT2D eigenvalue weighted by atomic mass is 79.9. The summed E-state index contributed by atoms with van der Waals surface area (Å²) in [5, 5.41) is 7.16. The maximum Gasteiger partial charge on any atom is 0.259 e. The van der Waals surface area contributed by atoms with E-state index in [9.17, 15) is 9.18 Å². The molecule has 0 atom stereocenters. The first-order valence-electron chi connectivity index (χ1n) is 7.85. The molecule has 0 unspecified atom stereocenters. The molecule has 0 fully saturated rings. The number of ether oxygens (including phenoxy) is 1. The van der Waals surface area contributed by atoms with Crippen LogP contribution in [0.25, 0.3) is 11.1 Å². The van der Waals surface area contributed by atoms with E-state index in [1.54, 1.807) is 17.8 Å². The van der Waals surface area contributed by atoms with Crippen LogP contribution >= 0.6 is 15.9 Å². The molecule has 134 valence electrons. The summed E-state index contributed by atoms with van der Waals surface area (Å²) in [5.74, 6) is -0.339. The molecule has 0 radical (unpaired) electrons. The minimum atomic E-state index is -0.647. The molecule has 26 heavy (non-hydrogen) atoms. The minimum absolute atomic E-state index is 0.0635. The maximum atomic E-state index is 14.2. The lowest BCUT2D eigenvalue weighted by atomic mass is 10.1. The highest BCUT2D eigenvalue weighted by molar-refractivity contribution is 9.10. The molecule has 0 aliphatic heterocycles. The Labute approximate surface area is 158 Å². The van der Waals surface area contributed by atoms with Gasteiger partial charge in [0.05, 0.1) is 18.4 Å². The van der Waals surface area contributed by atoms with Crippen molar-refractivity contribution in [1.82, 2.24) is 9.78 Å². The van der Waals surface area contributed by atoms with Gasteiger partial charge in [-0.25, -0.2) is 4.39 Å². The fourth-order valence-electron chi connectivity index (χ4n) is 2.75. The Morgan fingerprint density at radius 1 is 1.23 bits per heavy atom. The number of benzene rings is 2. The average molecular weight is 418 g/mol. The second-order valence-corrected chi connectivity index (χ2v) is 6.66. The lowest BCUT2D eigenvalue weighted by Crippen LogP contribution is -2.16. The smallest absolute Gasteiger partial charge is 0.259 e. The summed E-state index contributed by atoms with van der Waals surface area (Å²) >= 11 is 3.41. The largest absolute Gasteiger partial charge is 0.497 e. The number of carbonyl (C=O) groups is 1. The van der Waals surface area contributed by atoms with Gasteiger partial charge in [-0.1, -0.05) is 28.1 Å². The van der Waals surface area contributed by atoms with Crippen molar-refractivity contribution in [3.05, 3.63) is 64.0 Å². The van der Waals surface area contributed by atoms with Gasteiger partial charge >= 0.3 is 0 Å². The van der Waals surface area contributed by atoms with Gasteiger partial charge in [-0.2, -0.15) is 5.10 Å². The fourth-order valence-corrected chi connectivity index (χ4v) is 3.01. The number of carbonyl (C=O) groups excluding carboxylic acids is 1. The zero-order valence-electron chi connectivity index (χ0n) is 14.5. The Morgan fingerprint density at radius 3 is 2.54 bits per heavy atom. The van der Waals surface area contributed by atoms with Crippen LogP contribution in [0.4, 0.5) is 10.2 Å². The molecule has 3 rings (SSSR count). The first-order chi connectivity index (χ1) is 12.4. The molecule has 2 aromatic carbocycles. The molecule has 0 saturated heterocycles. The molecule has 3 aromatic rings. The summed E-state index contributed by atoms with van der Waals surface area (Å²) < 4.78 is 21.7. The molecule has 7 heteroatoms. The third-order valence-corrected chi connectivity index (χ3v) is 4.54. The Hall–Kier alpha value is -2.67. The quantitative estimate of drug-likeness (QED) is 0.676. The van der Waals surface area contributed by atoms with E-state index in [2.05, 4.69) is 26.3 Å². The lowest BCUT2D eigenvalue weighted by molar-refractivity contribution is 0.102. The maximum absolute atomic E-state index is 14.2. The van der Waals surface area contributed by atoms with Crippen LogP contribution in [0.2, 0.25) is 0 Å². The fraction of sp³-hybridized carbons (Fsp3) is 0.158. The van der Waals surface area contributed by atoms with Gasteiger partial charge in [0, 0.05) is 23.2 Å². The first-order valence-corrected chi connectivity index (χ1v) is 8.64. The highest BCUT2D eigenvalue weighted by Crippen LogP contribution is 2.32. The Bertz CT molecular complexity index is 968. The number of rotatable bonds is 4. The van der Waals surface area contributed by atoms with Crippen LogP contribution in [0, 0.1) is 12.7 Å². The van der Waals surface area contributed by atoms with E-state index in [0.717, 1.165) is 21.3 Å². The van der Waals surface area contributed by atoms with Crippen molar-refractivity contribution in [2.24, 2.45) is 7.05 Å². The normalized spacial score (nSPS) is 10.7. The molecule has 0 saturated carbocycles. The van der Waals surface area contributed by atoms with Gasteiger partial charge < -0.3 is 10.1 Å². The predicted octanol–water partition coefficient (Wildman–Crippen LogP) is 4.56. The number of aryl methyl sites for hydroxylation is 2. The summed E-state index contributed by atoms with van der Waals surface area (Å²) in [6.45, 7) is 1.86. The van der Waals surface area contributed by atoms with E-state index in [4.69, 9.17) is 4.74 Å². The molecule has 5 nitrogen and oxygen atoms in total. The van der Waals surface area contributed by atoms with Crippen molar-refractivity contribution in [3.63, 3.8) is 0 Å². The van der Waals surface area contributed by atoms with E-state index in [0.29, 0.717) is 11.6 Å². The summed E-state index contributed by atoms with van der Waals surface area (Å²) in [7, 11) is 3.17. The van der Waals surface area contributed by atoms with Crippen molar-refractivity contribution in [3.8, 4) is 16.9 Å². The van der Waals surface area contributed by atoms with Crippen molar-refractivity contribution in [2.45, 2.75) is 6.92 Å². The number of hydrogen-bond acceptors (Lipinski definition) is 3. The van der Waals surface area contributed by atoms with E-state index in [1.807, 2.05) is 31.2 Å². The molecular weight excluding hydrogens is 401 g/mol.